The van der Waals surface area contributed by atoms with Gasteiger partial charge in [0.25, 0.3) is 0 Å². The number of ether oxygens (including phenoxy) is 2. The summed E-state index contributed by atoms with van der Waals surface area (Å²) >= 11 is 0. The van der Waals surface area contributed by atoms with E-state index in [0.29, 0.717) is 5.75 Å². The Bertz CT molecular complexity index is 832. The normalized spacial score (nSPS) is 47.6. The Morgan fingerprint density at radius 3 is 2.81 bits per heavy atom. The molecule has 7 rings (SSSR count). The molecule has 2 saturated carbocycles. The summed E-state index contributed by atoms with van der Waals surface area (Å²) in [5, 5.41) is 22.7. The van der Waals surface area contributed by atoms with E-state index in [1.807, 2.05) is 0 Å². The molecule has 138 valence electrons. The fourth-order valence-corrected chi connectivity index (χ4v) is 6.96. The topological polar surface area (TPSA) is 65.5 Å². The summed E-state index contributed by atoms with van der Waals surface area (Å²) in [6.45, 7) is 2.85. The molecule has 0 amide bonds. The van der Waals surface area contributed by atoms with Gasteiger partial charge in [-0.3, -0.25) is 4.90 Å². The van der Waals surface area contributed by atoms with Crippen LogP contribution in [-0.4, -0.2) is 58.2 Å². The Kier molecular flexibility index (Phi) is 2.40. The molecule has 2 saturated heterocycles. The van der Waals surface area contributed by atoms with Crippen molar-refractivity contribution >= 4 is 0 Å². The van der Waals surface area contributed by atoms with E-state index in [1.54, 1.807) is 6.07 Å². The van der Waals surface area contributed by atoms with Crippen LogP contribution in [0, 0.1) is 5.92 Å². The number of piperidine rings is 1. The van der Waals surface area contributed by atoms with Gasteiger partial charge in [0.05, 0.1) is 17.6 Å². The number of phenolic OH excluding ortho intramolecular Hbond substituents is 1. The molecule has 2 spiro atoms. The van der Waals surface area contributed by atoms with Crippen LogP contribution in [0.4, 0.5) is 0 Å². The van der Waals surface area contributed by atoms with E-state index in [0.717, 1.165) is 56.9 Å². The molecule has 0 radical (unpaired) electrons. The van der Waals surface area contributed by atoms with E-state index in [1.165, 1.54) is 18.4 Å². The highest BCUT2D eigenvalue weighted by atomic mass is 16.6. The van der Waals surface area contributed by atoms with Gasteiger partial charge in [-0.2, -0.15) is 0 Å². The van der Waals surface area contributed by atoms with Crippen molar-refractivity contribution in [3.8, 4) is 11.5 Å². The lowest BCUT2D eigenvalue weighted by atomic mass is 9.47. The molecular formula is C21H25NO4. The molecule has 1 aromatic rings. The highest BCUT2D eigenvalue weighted by Gasteiger charge is 2.78. The number of nitrogens with zero attached hydrogens (tertiary/aromatic N) is 1. The maximum Gasteiger partial charge on any atom is 0.165 e. The first-order valence-corrected chi connectivity index (χ1v) is 10.2. The summed E-state index contributed by atoms with van der Waals surface area (Å²) in [6, 6.07) is 3.99. The first-order chi connectivity index (χ1) is 12.6. The minimum Gasteiger partial charge on any atom is -0.504 e. The van der Waals surface area contributed by atoms with Gasteiger partial charge in [0.15, 0.2) is 11.5 Å². The van der Waals surface area contributed by atoms with Crippen LogP contribution in [0.1, 0.15) is 43.2 Å². The highest BCUT2D eigenvalue weighted by Crippen LogP contribution is 2.69. The summed E-state index contributed by atoms with van der Waals surface area (Å²) in [7, 11) is 0. The van der Waals surface area contributed by atoms with E-state index in [9.17, 15) is 10.2 Å². The van der Waals surface area contributed by atoms with Gasteiger partial charge >= 0.3 is 0 Å². The summed E-state index contributed by atoms with van der Waals surface area (Å²) in [6.07, 6.45) is 5.89. The summed E-state index contributed by atoms with van der Waals surface area (Å²) in [5.41, 5.74) is 0.896. The maximum atomic E-state index is 12.2. The Hall–Kier alpha value is -1.30. The zero-order valence-electron chi connectivity index (χ0n) is 14.9. The molecule has 26 heavy (non-hydrogen) atoms. The average molecular weight is 355 g/mol. The van der Waals surface area contributed by atoms with Crippen LogP contribution in [0.3, 0.4) is 0 Å². The molecule has 6 aliphatic rings. The average Bonchev–Trinajstić information content (AvgIpc) is 3.54. The lowest BCUT2D eigenvalue weighted by Gasteiger charge is -2.64. The van der Waals surface area contributed by atoms with Crippen LogP contribution in [0.25, 0.3) is 0 Å². The lowest BCUT2D eigenvalue weighted by Crippen LogP contribution is -2.77. The van der Waals surface area contributed by atoms with Crippen molar-refractivity contribution < 1.29 is 19.7 Å². The van der Waals surface area contributed by atoms with Gasteiger partial charge in [0.1, 0.15) is 11.7 Å². The molecule has 4 fully saturated rings. The van der Waals surface area contributed by atoms with E-state index in [-0.39, 0.29) is 23.5 Å². The van der Waals surface area contributed by atoms with Crippen molar-refractivity contribution in [3.63, 3.8) is 0 Å². The van der Waals surface area contributed by atoms with E-state index < -0.39 is 11.0 Å². The van der Waals surface area contributed by atoms with Gasteiger partial charge in [0, 0.05) is 18.2 Å². The van der Waals surface area contributed by atoms with Gasteiger partial charge in [-0.15, -0.1) is 0 Å². The third-order valence-corrected chi connectivity index (χ3v) is 8.44. The molecule has 5 nitrogen and oxygen atoms in total. The third-order valence-electron chi connectivity index (χ3n) is 8.44. The zero-order chi connectivity index (χ0) is 17.3. The zero-order valence-corrected chi connectivity index (χ0v) is 14.9. The molecule has 2 N–H and O–H groups in total. The summed E-state index contributed by atoms with van der Waals surface area (Å²) in [5.74, 6) is 1.66. The molecule has 1 aromatic carbocycles. The van der Waals surface area contributed by atoms with E-state index in [2.05, 4.69) is 11.0 Å². The van der Waals surface area contributed by atoms with E-state index in [4.69, 9.17) is 9.47 Å². The smallest absolute Gasteiger partial charge is 0.165 e. The molecule has 0 aromatic heterocycles. The van der Waals surface area contributed by atoms with Crippen molar-refractivity contribution in [1.82, 2.24) is 4.90 Å². The van der Waals surface area contributed by atoms with Crippen molar-refractivity contribution in [2.24, 2.45) is 5.92 Å². The molecule has 3 aliphatic carbocycles. The fourth-order valence-electron chi connectivity index (χ4n) is 6.96. The second-order valence-electron chi connectivity index (χ2n) is 9.60. The minimum absolute atomic E-state index is 0.155. The number of aromatic hydroxyl groups is 1. The second kappa shape index (κ2) is 4.23. The molecule has 3 aliphatic heterocycles. The van der Waals surface area contributed by atoms with Gasteiger partial charge in [0.2, 0.25) is 0 Å². The number of hydrogen-bond donors (Lipinski definition) is 2. The standard InChI is InChI=1S/C21H25NO4/c23-14-4-3-13-9-15-21(24)6-5-19(11-25-19)18-20(21,16(13)17(14)26-18)7-8-22(15)10-12-1-2-12/h3-4,12,15,18,23-24H,1-2,5-11H2. The predicted molar refractivity (Wildman–Crippen MR) is 93.5 cm³/mol. The van der Waals surface area contributed by atoms with Crippen molar-refractivity contribution in [2.75, 3.05) is 19.7 Å². The second-order valence-corrected chi connectivity index (χ2v) is 9.60. The van der Waals surface area contributed by atoms with Crippen molar-refractivity contribution in [3.05, 3.63) is 23.3 Å². The van der Waals surface area contributed by atoms with Crippen LogP contribution in [0.2, 0.25) is 0 Å². The van der Waals surface area contributed by atoms with Crippen LogP contribution >= 0.6 is 0 Å². The number of epoxide rings is 1. The maximum absolute atomic E-state index is 12.2. The molecule has 5 heteroatoms. The van der Waals surface area contributed by atoms with Crippen molar-refractivity contribution in [2.45, 2.75) is 67.3 Å². The first-order valence-electron chi connectivity index (χ1n) is 10.2. The van der Waals surface area contributed by atoms with Crippen LogP contribution < -0.4 is 4.74 Å². The van der Waals surface area contributed by atoms with Crippen LogP contribution in [0.15, 0.2) is 12.1 Å². The Morgan fingerprint density at radius 2 is 2.04 bits per heavy atom. The summed E-state index contributed by atoms with van der Waals surface area (Å²) < 4.78 is 12.4. The number of fused-ring (bicyclic) bond motifs is 1. The third kappa shape index (κ3) is 1.46. The number of hydrogen-bond acceptors (Lipinski definition) is 5. The number of phenols is 1. The van der Waals surface area contributed by atoms with Gasteiger partial charge in [-0.05, 0) is 62.6 Å². The number of aliphatic hydroxyl groups is 1. The minimum atomic E-state index is -0.784. The fraction of sp³-hybridized carbons (Fsp3) is 0.714. The summed E-state index contributed by atoms with van der Waals surface area (Å²) in [4.78, 5) is 2.57. The van der Waals surface area contributed by atoms with Crippen LogP contribution in [0.5, 0.6) is 11.5 Å². The van der Waals surface area contributed by atoms with Crippen LogP contribution in [-0.2, 0) is 16.6 Å². The highest BCUT2D eigenvalue weighted by molar-refractivity contribution is 5.63. The van der Waals surface area contributed by atoms with Gasteiger partial charge in [-0.25, -0.2) is 0 Å². The molecule has 5 atom stereocenters. The van der Waals surface area contributed by atoms with E-state index >= 15 is 0 Å². The SMILES string of the molecule is Oc1ccc2c3c1OC1C4(CCC5(O)C(C2)N(CC2CC2)CCC315)CO4. The Labute approximate surface area is 152 Å². The molecule has 5 unspecified atom stereocenters. The van der Waals surface area contributed by atoms with Gasteiger partial charge < -0.3 is 19.7 Å². The number of benzene rings is 1. The van der Waals surface area contributed by atoms with Crippen molar-refractivity contribution in [1.29, 1.82) is 0 Å². The molecular weight excluding hydrogens is 330 g/mol. The monoisotopic (exact) mass is 355 g/mol. The molecule has 2 bridgehead atoms. The Morgan fingerprint density at radius 1 is 1.19 bits per heavy atom. The largest absolute Gasteiger partial charge is 0.504 e. The Balaban J connectivity index is 1.46. The lowest BCUT2D eigenvalue weighted by molar-refractivity contribution is -0.200. The number of rotatable bonds is 2. The first kappa shape index (κ1) is 14.7. The molecule has 3 heterocycles. The van der Waals surface area contributed by atoms with Gasteiger partial charge in [-0.1, -0.05) is 6.07 Å². The predicted octanol–water partition coefficient (Wildman–Crippen LogP) is 1.73. The quantitative estimate of drug-likeness (QED) is 0.791. The number of likely N-dealkylation sites (tertiary alicyclic amines) is 1.